The smallest absolute Gasteiger partial charge is 0.262 e. The van der Waals surface area contributed by atoms with E-state index in [1.807, 2.05) is 30.3 Å². The molecule has 0 saturated carbocycles. The average molecular weight is 295 g/mol. The van der Waals surface area contributed by atoms with Gasteiger partial charge in [-0.2, -0.15) is 0 Å². The summed E-state index contributed by atoms with van der Waals surface area (Å²) in [6.45, 7) is 2.14. The summed E-state index contributed by atoms with van der Waals surface area (Å²) < 4.78 is 5.52. The van der Waals surface area contributed by atoms with E-state index in [-0.39, 0.29) is 12.5 Å². The van der Waals surface area contributed by atoms with Crippen molar-refractivity contribution in [2.24, 2.45) is 0 Å². The molecule has 22 heavy (non-hydrogen) atoms. The highest BCUT2D eigenvalue weighted by Gasteiger charge is 2.12. The summed E-state index contributed by atoms with van der Waals surface area (Å²) in [5.41, 5.74) is 4.88. The second-order valence-electron chi connectivity index (χ2n) is 5.67. The molecule has 0 spiro atoms. The average Bonchev–Trinajstić information content (AvgIpc) is 3.01. The van der Waals surface area contributed by atoms with Crippen LogP contribution < -0.4 is 10.1 Å². The minimum absolute atomic E-state index is 0.0303. The summed E-state index contributed by atoms with van der Waals surface area (Å²) in [5.74, 6) is 0.596. The highest BCUT2D eigenvalue weighted by Crippen LogP contribution is 2.24. The van der Waals surface area contributed by atoms with Crippen LogP contribution in [0.2, 0.25) is 0 Å². The Bertz CT molecular complexity index is 662. The molecule has 0 unspecified atom stereocenters. The number of anilines is 1. The van der Waals surface area contributed by atoms with E-state index < -0.39 is 0 Å². The van der Waals surface area contributed by atoms with Crippen LogP contribution in [-0.2, 0) is 24.1 Å². The van der Waals surface area contributed by atoms with Crippen molar-refractivity contribution in [3.05, 3.63) is 59.2 Å². The molecule has 3 heteroatoms. The van der Waals surface area contributed by atoms with Gasteiger partial charge in [0.1, 0.15) is 5.75 Å². The SMILES string of the molecule is CCc1ccc(OCC(=O)Nc2ccc3c(c2)CCC3)cc1. The quantitative estimate of drug-likeness (QED) is 0.912. The summed E-state index contributed by atoms with van der Waals surface area (Å²) in [7, 11) is 0. The van der Waals surface area contributed by atoms with E-state index in [0.717, 1.165) is 30.7 Å². The largest absolute Gasteiger partial charge is 0.484 e. The van der Waals surface area contributed by atoms with Crippen LogP contribution in [0.1, 0.15) is 30.0 Å². The van der Waals surface area contributed by atoms with Gasteiger partial charge in [-0.1, -0.05) is 25.1 Å². The van der Waals surface area contributed by atoms with Crippen molar-refractivity contribution < 1.29 is 9.53 Å². The van der Waals surface area contributed by atoms with Crippen LogP contribution in [0.15, 0.2) is 42.5 Å². The molecule has 114 valence electrons. The summed E-state index contributed by atoms with van der Waals surface area (Å²) in [4.78, 5) is 12.0. The van der Waals surface area contributed by atoms with Gasteiger partial charge in [-0.05, 0) is 66.6 Å². The molecule has 1 aliphatic rings. The third-order valence-corrected chi connectivity index (χ3v) is 4.08. The van der Waals surface area contributed by atoms with Gasteiger partial charge in [0.15, 0.2) is 6.61 Å². The van der Waals surface area contributed by atoms with Gasteiger partial charge in [0.05, 0.1) is 0 Å². The van der Waals surface area contributed by atoms with E-state index in [0.29, 0.717) is 0 Å². The van der Waals surface area contributed by atoms with Gasteiger partial charge in [0.2, 0.25) is 0 Å². The van der Waals surface area contributed by atoms with E-state index in [4.69, 9.17) is 4.74 Å². The fourth-order valence-corrected chi connectivity index (χ4v) is 2.82. The molecule has 2 aromatic carbocycles. The Kier molecular flexibility index (Phi) is 4.42. The number of aryl methyl sites for hydroxylation is 3. The Morgan fingerprint density at radius 1 is 1.09 bits per heavy atom. The third-order valence-electron chi connectivity index (χ3n) is 4.08. The number of carbonyl (C=O) groups is 1. The lowest BCUT2D eigenvalue weighted by molar-refractivity contribution is -0.118. The maximum atomic E-state index is 12.0. The number of amides is 1. The van der Waals surface area contributed by atoms with E-state index in [9.17, 15) is 4.79 Å². The molecule has 0 radical (unpaired) electrons. The first-order valence-electron chi connectivity index (χ1n) is 7.88. The lowest BCUT2D eigenvalue weighted by Crippen LogP contribution is -2.20. The monoisotopic (exact) mass is 295 g/mol. The number of ether oxygens (including phenoxy) is 1. The van der Waals surface area contributed by atoms with E-state index in [1.165, 1.54) is 23.1 Å². The first-order chi connectivity index (χ1) is 10.7. The fourth-order valence-electron chi connectivity index (χ4n) is 2.82. The highest BCUT2D eigenvalue weighted by molar-refractivity contribution is 5.92. The Hall–Kier alpha value is -2.29. The Morgan fingerprint density at radius 3 is 2.64 bits per heavy atom. The molecule has 0 fully saturated rings. The molecule has 0 saturated heterocycles. The summed E-state index contributed by atoms with van der Waals surface area (Å²) in [6.07, 6.45) is 4.47. The van der Waals surface area contributed by atoms with Crippen LogP contribution in [0.3, 0.4) is 0 Å². The van der Waals surface area contributed by atoms with Crippen LogP contribution in [-0.4, -0.2) is 12.5 Å². The van der Waals surface area contributed by atoms with Crippen LogP contribution >= 0.6 is 0 Å². The summed E-state index contributed by atoms with van der Waals surface area (Å²) in [5, 5.41) is 2.90. The number of benzene rings is 2. The molecule has 1 N–H and O–H groups in total. The summed E-state index contributed by atoms with van der Waals surface area (Å²) in [6, 6.07) is 14.0. The number of nitrogens with one attached hydrogen (secondary N) is 1. The van der Waals surface area contributed by atoms with Crippen molar-refractivity contribution in [2.45, 2.75) is 32.6 Å². The number of hydrogen-bond donors (Lipinski definition) is 1. The van der Waals surface area contributed by atoms with Crippen LogP contribution in [0.5, 0.6) is 5.75 Å². The topological polar surface area (TPSA) is 38.3 Å². The molecule has 0 heterocycles. The molecule has 0 aliphatic heterocycles. The normalized spacial score (nSPS) is 12.8. The zero-order valence-corrected chi connectivity index (χ0v) is 12.9. The first-order valence-corrected chi connectivity index (χ1v) is 7.88. The third kappa shape index (κ3) is 3.48. The highest BCUT2D eigenvalue weighted by atomic mass is 16.5. The molecule has 1 amide bonds. The second-order valence-corrected chi connectivity index (χ2v) is 5.67. The van der Waals surface area contributed by atoms with Crippen molar-refractivity contribution in [1.29, 1.82) is 0 Å². The van der Waals surface area contributed by atoms with E-state index >= 15 is 0 Å². The van der Waals surface area contributed by atoms with Crippen molar-refractivity contribution in [3.63, 3.8) is 0 Å². The molecular formula is C19H21NO2. The predicted octanol–water partition coefficient (Wildman–Crippen LogP) is 3.76. The lowest BCUT2D eigenvalue weighted by atomic mass is 10.1. The fraction of sp³-hybridized carbons (Fsp3) is 0.316. The molecule has 3 rings (SSSR count). The molecule has 3 nitrogen and oxygen atoms in total. The van der Waals surface area contributed by atoms with Gasteiger partial charge in [0, 0.05) is 5.69 Å². The van der Waals surface area contributed by atoms with E-state index in [1.54, 1.807) is 0 Å². The van der Waals surface area contributed by atoms with Crippen molar-refractivity contribution in [3.8, 4) is 5.75 Å². The van der Waals surface area contributed by atoms with Crippen molar-refractivity contribution in [2.75, 3.05) is 11.9 Å². The van der Waals surface area contributed by atoms with Crippen molar-refractivity contribution >= 4 is 11.6 Å². The van der Waals surface area contributed by atoms with Crippen LogP contribution in [0, 0.1) is 0 Å². The van der Waals surface area contributed by atoms with Crippen molar-refractivity contribution in [1.82, 2.24) is 0 Å². The maximum Gasteiger partial charge on any atom is 0.262 e. The Balaban J connectivity index is 1.53. The molecule has 2 aromatic rings. The molecule has 0 aromatic heterocycles. The summed E-state index contributed by atoms with van der Waals surface area (Å²) >= 11 is 0. The zero-order chi connectivity index (χ0) is 15.4. The minimum atomic E-state index is -0.127. The van der Waals surface area contributed by atoms with E-state index in [2.05, 4.69) is 24.4 Å². The first kappa shape index (κ1) is 14.6. The Morgan fingerprint density at radius 2 is 1.86 bits per heavy atom. The standard InChI is InChI=1S/C19H21NO2/c1-2-14-6-10-18(11-7-14)22-13-19(21)20-17-9-8-15-4-3-5-16(15)12-17/h6-12H,2-5,13H2,1H3,(H,20,21). The Labute approximate surface area is 131 Å². The van der Waals surface area contributed by atoms with Gasteiger partial charge in [-0.25, -0.2) is 0 Å². The number of fused-ring (bicyclic) bond motifs is 1. The number of hydrogen-bond acceptors (Lipinski definition) is 2. The number of rotatable bonds is 5. The second kappa shape index (κ2) is 6.65. The number of carbonyl (C=O) groups excluding carboxylic acids is 1. The molecule has 0 atom stereocenters. The van der Waals surface area contributed by atoms with Gasteiger partial charge in [-0.3, -0.25) is 4.79 Å². The predicted molar refractivity (Wildman–Crippen MR) is 88.4 cm³/mol. The molecular weight excluding hydrogens is 274 g/mol. The van der Waals surface area contributed by atoms with Gasteiger partial charge in [0.25, 0.3) is 5.91 Å². The molecule has 0 bridgehead atoms. The molecule has 1 aliphatic carbocycles. The van der Waals surface area contributed by atoms with Gasteiger partial charge >= 0.3 is 0 Å². The minimum Gasteiger partial charge on any atom is -0.484 e. The van der Waals surface area contributed by atoms with Crippen LogP contribution in [0.4, 0.5) is 5.69 Å². The van der Waals surface area contributed by atoms with Gasteiger partial charge in [-0.15, -0.1) is 0 Å². The van der Waals surface area contributed by atoms with Gasteiger partial charge < -0.3 is 10.1 Å². The van der Waals surface area contributed by atoms with Crippen LogP contribution in [0.25, 0.3) is 0 Å². The lowest BCUT2D eigenvalue weighted by Gasteiger charge is -2.09. The maximum absolute atomic E-state index is 12.0. The zero-order valence-electron chi connectivity index (χ0n) is 12.9.